The number of ketones is 1. The molecule has 1 aliphatic carbocycles. The number of carbonyl (C=O) groups excluding carboxylic acids is 2. The zero-order valence-corrected chi connectivity index (χ0v) is 15.8. The van der Waals surface area contributed by atoms with Gasteiger partial charge in [0.05, 0.1) is 31.5 Å². The third kappa shape index (κ3) is 3.14. The van der Waals surface area contributed by atoms with Gasteiger partial charge in [0.25, 0.3) is 0 Å². The van der Waals surface area contributed by atoms with E-state index in [1.807, 2.05) is 6.92 Å². The number of aliphatic hydroxyl groups excluding tert-OH is 4. The molecule has 2 heterocycles. The van der Waals surface area contributed by atoms with Crippen molar-refractivity contribution in [3.63, 3.8) is 0 Å². The lowest BCUT2D eigenvalue weighted by Gasteiger charge is -2.47. The summed E-state index contributed by atoms with van der Waals surface area (Å²) in [5.74, 6) is -1.88. The van der Waals surface area contributed by atoms with Gasteiger partial charge in [-0.15, -0.1) is 0 Å². The van der Waals surface area contributed by atoms with E-state index < -0.39 is 60.9 Å². The molecule has 3 aliphatic rings. The van der Waals surface area contributed by atoms with E-state index in [0.29, 0.717) is 0 Å². The van der Waals surface area contributed by atoms with Crippen LogP contribution in [0.5, 0.6) is 0 Å². The molecule has 1 saturated heterocycles. The number of methoxy groups -OCH3 is 1. The Balaban J connectivity index is 1.89. The average molecular weight is 402 g/mol. The minimum Gasteiger partial charge on any atom is -0.471 e. The van der Waals surface area contributed by atoms with Gasteiger partial charge in [0, 0.05) is 11.8 Å². The molecule has 0 spiro atoms. The summed E-state index contributed by atoms with van der Waals surface area (Å²) >= 11 is 0. The Morgan fingerprint density at radius 3 is 2.57 bits per heavy atom. The molecule has 3 rings (SSSR count). The lowest BCUT2D eigenvalue weighted by Crippen LogP contribution is -2.61. The first kappa shape index (κ1) is 21.2. The first-order valence-corrected chi connectivity index (χ1v) is 9.09. The van der Waals surface area contributed by atoms with Crippen LogP contribution in [0.3, 0.4) is 0 Å². The van der Waals surface area contributed by atoms with Gasteiger partial charge in [-0.3, -0.25) is 4.79 Å². The Kier molecular flexibility index (Phi) is 5.81. The van der Waals surface area contributed by atoms with Gasteiger partial charge in [0.1, 0.15) is 30.2 Å². The number of ether oxygens (including phenoxy) is 4. The van der Waals surface area contributed by atoms with Crippen molar-refractivity contribution in [3.8, 4) is 0 Å². The molecule has 2 fully saturated rings. The van der Waals surface area contributed by atoms with E-state index in [2.05, 4.69) is 0 Å². The van der Waals surface area contributed by atoms with Gasteiger partial charge in [0.15, 0.2) is 6.29 Å². The van der Waals surface area contributed by atoms with Gasteiger partial charge in [-0.25, -0.2) is 4.79 Å². The number of rotatable bonds is 4. The van der Waals surface area contributed by atoms with E-state index in [4.69, 9.17) is 18.9 Å². The monoisotopic (exact) mass is 402 g/mol. The Hall–Kier alpha value is -1.56. The fourth-order valence-electron chi connectivity index (χ4n) is 4.26. The summed E-state index contributed by atoms with van der Waals surface area (Å²) in [4.78, 5) is 24.7. The van der Waals surface area contributed by atoms with Crippen molar-refractivity contribution in [1.29, 1.82) is 0 Å². The van der Waals surface area contributed by atoms with Crippen LogP contribution < -0.4 is 0 Å². The first-order valence-electron chi connectivity index (χ1n) is 9.09. The van der Waals surface area contributed by atoms with E-state index in [9.17, 15) is 30.0 Å². The predicted octanol–water partition coefficient (Wildman–Crippen LogP) is -1.55. The zero-order chi connectivity index (χ0) is 20.8. The Labute approximate surface area is 161 Å². The second kappa shape index (κ2) is 7.69. The maximum absolute atomic E-state index is 12.6. The topological polar surface area (TPSA) is 152 Å². The SMILES string of the molecule is COC(=O)C1=COC(OC2OC(CO)C(O)C(O)C2O)C2(C)C(C)CC(=O)C12. The summed E-state index contributed by atoms with van der Waals surface area (Å²) in [6, 6.07) is 0. The van der Waals surface area contributed by atoms with Crippen LogP contribution in [0.4, 0.5) is 0 Å². The third-order valence-electron chi connectivity index (χ3n) is 6.18. The number of Topliss-reactive ketones (excluding diaryl/α,β-unsaturated/α-hetero) is 1. The molecule has 0 bridgehead atoms. The van der Waals surface area contributed by atoms with Gasteiger partial charge in [-0.1, -0.05) is 13.8 Å². The van der Waals surface area contributed by atoms with Crippen LogP contribution in [0.2, 0.25) is 0 Å². The molecule has 0 aromatic heterocycles. The van der Waals surface area contributed by atoms with Crippen molar-refractivity contribution >= 4 is 11.8 Å². The fourth-order valence-corrected chi connectivity index (χ4v) is 4.26. The second-order valence-corrected chi connectivity index (χ2v) is 7.74. The first-order chi connectivity index (χ1) is 13.2. The molecule has 0 aromatic rings. The van der Waals surface area contributed by atoms with E-state index in [0.717, 1.165) is 6.26 Å². The Morgan fingerprint density at radius 2 is 1.96 bits per heavy atom. The highest BCUT2D eigenvalue weighted by atomic mass is 16.8. The normalized spacial score (nSPS) is 45.8. The molecule has 9 unspecified atom stereocenters. The predicted molar refractivity (Wildman–Crippen MR) is 90.2 cm³/mol. The highest BCUT2D eigenvalue weighted by Crippen LogP contribution is 2.54. The summed E-state index contributed by atoms with van der Waals surface area (Å²) in [7, 11) is 1.21. The molecule has 28 heavy (non-hydrogen) atoms. The number of fused-ring (bicyclic) bond motifs is 1. The lowest BCUT2D eigenvalue weighted by molar-refractivity contribution is -0.352. The highest BCUT2D eigenvalue weighted by Gasteiger charge is 2.61. The van der Waals surface area contributed by atoms with Gasteiger partial charge < -0.3 is 39.4 Å². The van der Waals surface area contributed by atoms with Crippen molar-refractivity contribution in [3.05, 3.63) is 11.8 Å². The number of carbonyl (C=O) groups is 2. The molecule has 0 amide bonds. The molecule has 1 saturated carbocycles. The molecule has 10 heteroatoms. The number of esters is 1. The lowest BCUT2D eigenvalue weighted by atomic mass is 9.69. The molecular weight excluding hydrogens is 376 g/mol. The van der Waals surface area contributed by atoms with Crippen molar-refractivity contribution in [2.75, 3.05) is 13.7 Å². The van der Waals surface area contributed by atoms with Crippen LogP contribution in [0.1, 0.15) is 20.3 Å². The van der Waals surface area contributed by atoms with Crippen LogP contribution in [-0.2, 0) is 28.5 Å². The molecule has 0 radical (unpaired) electrons. The molecule has 10 nitrogen and oxygen atoms in total. The standard InChI is InChI=1S/C18H26O10/c1-7-4-9(20)11-8(15(24)25-3)6-26-17(18(7,11)2)28-16-14(23)13(22)12(21)10(5-19)27-16/h6-7,10-14,16-17,19,21-23H,4-5H2,1-3H3. The molecule has 0 aromatic carbocycles. The van der Waals surface area contributed by atoms with E-state index >= 15 is 0 Å². The van der Waals surface area contributed by atoms with Crippen LogP contribution in [-0.4, -0.2) is 82.9 Å². The van der Waals surface area contributed by atoms with Crippen molar-refractivity contribution in [1.82, 2.24) is 0 Å². The second-order valence-electron chi connectivity index (χ2n) is 7.74. The van der Waals surface area contributed by atoms with Crippen LogP contribution in [0.15, 0.2) is 11.8 Å². The highest BCUT2D eigenvalue weighted by molar-refractivity contribution is 5.99. The Bertz CT molecular complexity index is 661. The van der Waals surface area contributed by atoms with Crippen LogP contribution in [0, 0.1) is 17.3 Å². The van der Waals surface area contributed by atoms with Crippen LogP contribution in [0.25, 0.3) is 0 Å². The quantitative estimate of drug-likeness (QED) is 0.407. The number of hydrogen-bond donors (Lipinski definition) is 4. The molecule has 158 valence electrons. The van der Waals surface area contributed by atoms with Gasteiger partial charge >= 0.3 is 5.97 Å². The minimum atomic E-state index is -1.61. The minimum absolute atomic E-state index is 0.0907. The maximum atomic E-state index is 12.6. The molecule has 4 N–H and O–H groups in total. The van der Waals surface area contributed by atoms with Gasteiger partial charge in [0.2, 0.25) is 6.29 Å². The Morgan fingerprint density at radius 1 is 1.29 bits per heavy atom. The molecule has 9 atom stereocenters. The maximum Gasteiger partial charge on any atom is 0.337 e. The van der Waals surface area contributed by atoms with Gasteiger partial charge in [-0.2, -0.15) is 0 Å². The van der Waals surface area contributed by atoms with Crippen molar-refractivity contribution < 1.29 is 49.0 Å². The van der Waals surface area contributed by atoms with Gasteiger partial charge in [-0.05, 0) is 5.92 Å². The number of aliphatic hydroxyl groups is 4. The molecule has 2 aliphatic heterocycles. The van der Waals surface area contributed by atoms with E-state index in [1.165, 1.54) is 7.11 Å². The third-order valence-corrected chi connectivity index (χ3v) is 6.18. The molecular formula is C18H26O10. The zero-order valence-electron chi connectivity index (χ0n) is 15.8. The van der Waals surface area contributed by atoms with Crippen molar-refractivity contribution in [2.45, 2.75) is 57.3 Å². The summed E-state index contributed by atoms with van der Waals surface area (Å²) in [6.07, 6.45) is -7.07. The fraction of sp³-hybridized carbons (Fsp3) is 0.778. The van der Waals surface area contributed by atoms with E-state index in [-0.39, 0.29) is 23.7 Å². The summed E-state index contributed by atoms with van der Waals surface area (Å²) in [6.45, 7) is 2.96. The van der Waals surface area contributed by atoms with Crippen molar-refractivity contribution in [2.24, 2.45) is 17.3 Å². The average Bonchev–Trinajstić information content (AvgIpc) is 2.91. The summed E-state index contributed by atoms with van der Waals surface area (Å²) in [5.41, 5.74) is -0.873. The number of hydrogen-bond acceptors (Lipinski definition) is 10. The summed E-state index contributed by atoms with van der Waals surface area (Å²) in [5, 5.41) is 39.4. The largest absolute Gasteiger partial charge is 0.471 e. The summed E-state index contributed by atoms with van der Waals surface area (Å²) < 4.78 is 21.5. The smallest absolute Gasteiger partial charge is 0.337 e. The van der Waals surface area contributed by atoms with E-state index in [1.54, 1.807) is 6.92 Å². The van der Waals surface area contributed by atoms with Crippen LogP contribution >= 0.6 is 0 Å².